The summed E-state index contributed by atoms with van der Waals surface area (Å²) in [5.41, 5.74) is 1.03. The monoisotopic (exact) mass is 246 g/mol. The molecule has 0 amide bonds. The lowest BCUT2D eigenvalue weighted by Crippen LogP contribution is -2.20. The molecule has 5 nitrogen and oxygen atoms in total. The average Bonchev–Trinajstić information content (AvgIpc) is 2.79. The number of hydrogen-bond acceptors (Lipinski definition) is 3. The van der Waals surface area contributed by atoms with Crippen LogP contribution < -0.4 is 0 Å². The lowest BCUT2D eigenvalue weighted by Gasteiger charge is -2.23. The van der Waals surface area contributed by atoms with Crippen LogP contribution in [0.3, 0.4) is 0 Å². The third-order valence-electron chi connectivity index (χ3n) is 3.35. The van der Waals surface area contributed by atoms with Crippen molar-refractivity contribution in [3.05, 3.63) is 30.0 Å². The number of carboxylic acids is 1. The summed E-state index contributed by atoms with van der Waals surface area (Å²) in [6.07, 6.45) is 1.76. The number of carboxylic acid groups (broad SMARTS) is 1. The molecule has 18 heavy (non-hydrogen) atoms. The van der Waals surface area contributed by atoms with Crippen molar-refractivity contribution in [3.63, 3.8) is 0 Å². The van der Waals surface area contributed by atoms with Crippen LogP contribution in [0.5, 0.6) is 0 Å². The standard InChI is InChI=1S/C13H14N2O3/c16-13(17)12-10-3-1-2-4-11(10)15(14-12)9-5-7-18-8-6-9/h1-4,9H,5-8H2,(H,16,17). The molecular formula is C13H14N2O3. The van der Waals surface area contributed by atoms with Crippen molar-refractivity contribution in [1.82, 2.24) is 9.78 Å². The fraction of sp³-hybridized carbons (Fsp3) is 0.385. The average molecular weight is 246 g/mol. The van der Waals surface area contributed by atoms with Crippen LogP contribution in [0.4, 0.5) is 0 Å². The van der Waals surface area contributed by atoms with Gasteiger partial charge in [-0.1, -0.05) is 18.2 Å². The van der Waals surface area contributed by atoms with Gasteiger partial charge in [0.15, 0.2) is 5.69 Å². The number of hydrogen-bond donors (Lipinski definition) is 1. The summed E-state index contributed by atoms with van der Waals surface area (Å²) in [6, 6.07) is 7.71. The van der Waals surface area contributed by atoms with E-state index in [0.717, 1.165) is 18.4 Å². The molecule has 2 aromatic rings. The number of aromatic carboxylic acids is 1. The summed E-state index contributed by atoms with van der Waals surface area (Å²) in [6.45, 7) is 1.42. The quantitative estimate of drug-likeness (QED) is 0.881. The Morgan fingerprint density at radius 3 is 2.78 bits per heavy atom. The molecule has 1 aliphatic rings. The minimum absolute atomic E-state index is 0.136. The summed E-state index contributed by atoms with van der Waals surface area (Å²) in [5.74, 6) is -0.975. The molecule has 1 saturated heterocycles. The molecule has 0 unspecified atom stereocenters. The maximum absolute atomic E-state index is 11.2. The van der Waals surface area contributed by atoms with E-state index in [4.69, 9.17) is 4.74 Å². The second-order valence-electron chi connectivity index (χ2n) is 4.46. The second-order valence-corrected chi connectivity index (χ2v) is 4.46. The summed E-state index contributed by atoms with van der Waals surface area (Å²) in [4.78, 5) is 11.2. The third kappa shape index (κ3) is 1.76. The summed E-state index contributed by atoms with van der Waals surface area (Å²) >= 11 is 0. The smallest absolute Gasteiger partial charge is 0.357 e. The van der Waals surface area contributed by atoms with E-state index in [2.05, 4.69) is 5.10 Å². The molecule has 5 heteroatoms. The number of benzene rings is 1. The van der Waals surface area contributed by atoms with Crippen LogP contribution in [0.15, 0.2) is 24.3 Å². The van der Waals surface area contributed by atoms with Crippen molar-refractivity contribution in [3.8, 4) is 0 Å². The van der Waals surface area contributed by atoms with Gasteiger partial charge in [0.25, 0.3) is 0 Å². The number of carbonyl (C=O) groups is 1. The van der Waals surface area contributed by atoms with E-state index < -0.39 is 5.97 Å². The molecule has 0 atom stereocenters. The van der Waals surface area contributed by atoms with Crippen LogP contribution in [0.2, 0.25) is 0 Å². The van der Waals surface area contributed by atoms with Crippen LogP contribution in [-0.2, 0) is 4.74 Å². The molecule has 0 saturated carbocycles. The zero-order valence-electron chi connectivity index (χ0n) is 9.87. The molecule has 0 radical (unpaired) electrons. The fourth-order valence-electron chi connectivity index (χ4n) is 2.46. The van der Waals surface area contributed by atoms with Gasteiger partial charge in [-0.2, -0.15) is 5.10 Å². The highest BCUT2D eigenvalue weighted by Crippen LogP contribution is 2.27. The number of nitrogens with zero attached hydrogens (tertiary/aromatic N) is 2. The molecule has 1 N–H and O–H groups in total. The Morgan fingerprint density at radius 2 is 2.06 bits per heavy atom. The molecule has 1 aliphatic heterocycles. The van der Waals surface area contributed by atoms with E-state index in [0.29, 0.717) is 18.6 Å². The molecule has 94 valence electrons. The summed E-state index contributed by atoms with van der Waals surface area (Å²) < 4.78 is 7.18. The Morgan fingerprint density at radius 1 is 1.33 bits per heavy atom. The van der Waals surface area contributed by atoms with Crippen LogP contribution in [0.1, 0.15) is 29.4 Å². The van der Waals surface area contributed by atoms with E-state index in [-0.39, 0.29) is 11.7 Å². The highest BCUT2D eigenvalue weighted by atomic mass is 16.5. The molecule has 1 aromatic heterocycles. The largest absolute Gasteiger partial charge is 0.476 e. The first-order valence-corrected chi connectivity index (χ1v) is 6.05. The van der Waals surface area contributed by atoms with Gasteiger partial charge < -0.3 is 9.84 Å². The van der Waals surface area contributed by atoms with E-state index in [9.17, 15) is 9.90 Å². The second kappa shape index (κ2) is 4.42. The zero-order chi connectivity index (χ0) is 12.5. The van der Waals surface area contributed by atoms with E-state index in [1.54, 1.807) is 0 Å². The molecule has 1 fully saturated rings. The van der Waals surface area contributed by atoms with Crippen LogP contribution in [-0.4, -0.2) is 34.1 Å². The molecule has 0 bridgehead atoms. The maximum Gasteiger partial charge on any atom is 0.357 e. The van der Waals surface area contributed by atoms with Crippen molar-refractivity contribution in [1.29, 1.82) is 0 Å². The Bertz CT molecular complexity index is 585. The fourth-order valence-corrected chi connectivity index (χ4v) is 2.46. The van der Waals surface area contributed by atoms with Gasteiger partial charge in [0, 0.05) is 18.6 Å². The predicted molar refractivity (Wildman–Crippen MR) is 65.8 cm³/mol. The van der Waals surface area contributed by atoms with Gasteiger partial charge in [-0.05, 0) is 18.9 Å². The number of aromatic nitrogens is 2. The molecule has 1 aromatic carbocycles. The number of ether oxygens (including phenoxy) is 1. The Hall–Kier alpha value is -1.88. The number of para-hydroxylation sites is 1. The van der Waals surface area contributed by atoms with Crippen LogP contribution in [0, 0.1) is 0 Å². The van der Waals surface area contributed by atoms with Gasteiger partial charge in [0.2, 0.25) is 0 Å². The van der Waals surface area contributed by atoms with Gasteiger partial charge in [0.05, 0.1) is 11.6 Å². The minimum Gasteiger partial charge on any atom is -0.476 e. The summed E-state index contributed by atoms with van der Waals surface area (Å²) in [5, 5.41) is 14.2. The molecule has 0 spiro atoms. The number of rotatable bonds is 2. The van der Waals surface area contributed by atoms with Gasteiger partial charge in [-0.25, -0.2) is 4.79 Å². The van der Waals surface area contributed by atoms with Gasteiger partial charge in [0.1, 0.15) is 0 Å². The lowest BCUT2D eigenvalue weighted by atomic mass is 10.1. The normalized spacial score (nSPS) is 17.1. The van der Waals surface area contributed by atoms with Crippen molar-refractivity contribution < 1.29 is 14.6 Å². The van der Waals surface area contributed by atoms with E-state index in [1.165, 1.54) is 0 Å². The molecule has 0 aliphatic carbocycles. The van der Waals surface area contributed by atoms with Crippen molar-refractivity contribution in [2.45, 2.75) is 18.9 Å². The van der Waals surface area contributed by atoms with Gasteiger partial charge >= 0.3 is 5.97 Å². The van der Waals surface area contributed by atoms with E-state index >= 15 is 0 Å². The van der Waals surface area contributed by atoms with Gasteiger partial charge in [-0.15, -0.1) is 0 Å². The summed E-state index contributed by atoms with van der Waals surface area (Å²) in [7, 11) is 0. The van der Waals surface area contributed by atoms with E-state index in [1.807, 2.05) is 28.9 Å². The predicted octanol–water partition coefficient (Wildman–Crippen LogP) is 2.09. The Kier molecular flexibility index (Phi) is 2.76. The van der Waals surface area contributed by atoms with Crippen molar-refractivity contribution in [2.75, 3.05) is 13.2 Å². The zero-order valence-corrected chi connectivity index (χ0v) is 9.87. The SMILES string of the molecule is O=C(O)c1nn(C2CCOCC2)c2ccccc12. The van der Waals surface area contributed by atoms with Crippen molar-refractivity contribution >= 4 is 16.9 Å². The maximum atomic E-state index is 11.2. The topological polar surface area (TPSA) is 64.3 Å². The Balaban J connectivity index is 2.13. The lowest BCUT2D eigenvalue weighted by molar-refractivity contribution is 0.0653. The van der Waals surface area contributed by atoms with Crippen LogP contribution >= 0.6 is 0 Å². The third-order valence-corrected chi connectivity index (χ3v) is 3.35. The highest BCUT2D eigenvalue weighted by Gasteiger charge is 2.22. The molecule has 2 heterocycles. The van der Waals surface area contributed by atoms with Gasteiger partial charge in [-0.3, -0.25) is 4.68 Å². The first kappa shape index (κ1) is 11.2. The van der Waals surface area contributed by atoms with Crippen LogP contribution in [0.25, 0.3) is 10.9 Å². The minimum atomic E-state index is -0.975. The molecule has 3 rings (SSSR count). The Labute approximate surface area is 104 Å². The molecular weight excluding hydrogens is 232 g/mol. The first-order valence-electron chi connectivity index (χ1n) is 6.05. The first-order chi connectivity index (χ1) is 8.77. The highest BCUT2D eigenvalue weighted by molar-refractivity contribution is 6.01. The number of fused-ring (bicyclic) bond motifs is 1. The van der Waals surface area contributed by atoms with Crippen molar-refractivity contribution in [2.24, 2.45) is 0 Å².